The summed E-state index contributed by atoms with van der Waals surface area (Å²) >= 11 is 0. The van der Waals surface area contributed by atoms with Crippen LogP contribution < -0.4 is 21.7 Å². The lowest BCUT2D eigenvalue weighted by Crippen LogP contribution is -2.54. The third kappa shape index (κ3) is 7.52. The fraction of sp³-hybridized carbons (Fsp3) is 0.205. The van der Waals surface area contributed by atoms with Crippen LogP contribution in [0.15, 0.2) is 109 Å². The van der Waals surface area contributed by atoms with Gasteiger partial charge in [0, 0.05) is 43.7 Å². The number of nitrogens with two attached hydrogens (primary N) is 1. The smallest absolute Gasteiger partial charge is 0.264 e. The normalized spacial score (nSPS) is 15.1. The minimum absolute atomic E-state index is 0.0472. The Balaban J connectivity index is 0.840. The second kappa shape index (κ2) is 16.5. The quantitative estimate of drug-likeness (QED) is 0.0872. The summed E-state index contributed by atoms with van der Waals surface area (Å²) in [6, 6.07) is 32.2. The summed E-state index contributed by atoms with van der Waals surface area (Å²) in [7, 11) is 0. The molecule has 0 spiro atoms. The molecule has 6 aromatic rings. The molecule has 0 bridgehead atoms. The lowest BCUT2D eigenvalue weighted by Gasteiger charge is -2.27. The molecule has 5 N–H and O–H groups in total. The van der Waals surface area contributed by atoms with Crippen molar-refractivity contribution in [3.63, 3.8) is 0 Å². The molecule has 1 saturated heterocycles. The molecule has 8 rings (SSSR count). The molecule has 5 amide bonds. The van der Waals surface area contributed by atoms with Crippen molar-refractivity contribution < 1.29 is 28.7 Å². The molecule has 1 atom stereocenters. The van der Waals surface area contributed by atoms with E-state index in [1.807, 2.05) is 60.7 Å². The highest BCUT2D eigenvalue weighted by Gasteiger charge is 2.45. The summed E-state index contributed by atoms with van der Waals surface area (Å²) in [5.74, 6) is -1.99. The lowest BCUT2D eigenvalue weighted by molar-refractivity contribution is -0.136. The summed E-state index contributed by atoms with van der Waals surface area (Å²) in [5.41, 5.74) is 14.1. The predicted octanol–water partition coefficient (Wildman–Crippen LogP) is 4.93. The molecule has 0 saturated carbocycles. The van der Waals surface area contributed by atoms with Gasteiger partial charge in [0.05, 0.1) is 35.4 Å². The van der Waals surface area contributed by atoms with Gasteiger partial charge in [0.2, 0.25) is 17.7 Å². The highest BCUT2D eigenvalue weighted by molar-refractivity contribution is 6.25. The van der Waals surface area contributed by atoms with E-state index in [4.69, 9.17) is 15.5 Å². The van der Waals surface area contributed by atoms with Gasteiger partial charge in [0.25, 0.3) is 11.8 Å². The average molecular weight is 777 g/mol. The van der Waals surface area contributed by atoms with Crippen molar-refractivity contribution in [1.29, 1.82) is 0 Å². The molecule has 58 heavy (non-hydrogen) atoms. The number of hydrogen-bond acceptors (Lipinski definition) is 10. The van der Waals surface area contributed by atoms with Crippen molar-refractivity contribution in [3.8, 4) is 22.4 Å². The predicted molar refractivity (Wildman–Crippen MR) is 217 cm³/mol. The largest absolute Gasteiger partial charge is 0.383 e. The molecule has 14 heteroatoms. The van der Waals surface area contributed by atoms with E-state index in [1.54, 1.807) is 12.1 Å². The van der Waals surface area contributed by atoms with Gasteiger partial charge >= 0.3 is 0 Å². The van der Waals surface area contributed by atoms with E-state index in [-0.39, 0.29) is 49.5 Å². The standard InChI is InChI=1S/C44H40N8O6/c45-40-38-36(29-8-3-1-4-9-29)39(30-10-5-2-6-11-30)51(41(38)49-26-48-40)25-28-16-14-27(15-17-28)24-47-34(53)20-22-58-23-21-46-32-13-7-12-31-37(32)44(57)52(43(31)56)33-18-19-35(54)50-42(33)55/h1-17,26,33,46H,18-25H2,(H,47,53)(H2,45,48,49)(H,50,54,55). The van der Waals surface area contributed by atoms with Crippen LogP contribution in [0, 0.1) is 0 Å². The second-order valence-electron chi connectivity index (χ2n) is 14.1. The summed E-state index contributed by atoms with van der Waals surface area (Å²) in [4.78, 5) is 73.0. The lowest BCUT2D eigenvalue weighted by atomic mass is 9.99. The maximum absolute atomic E-state index is 13.3. The van der Waals surface area contributed by atoms with Crippen LogP contribution in [0.1, 0.15) is 51.1 Å². The Kier molecular flexibility index (Phi) is 10.7. The third-order valence-electron chi connectivity index (χ3n) is 10.3. The maximum Gasteiger partial charge on any atom is 0.264 e. The first kappa shape index (κ1) is 37.7. The molecule has 14 nitrogen and oxygen atoms in total. The maximum atomic E-state index is 13.3. The van der Waals surface area contributed by atoms with Gasteiger partial charge in [0.1, 0.15) is 23.8 Å². The number of anilines is 2. The molecule has 4 aromatic carbocycles. The van der Waals surface area contributed by atoms with E-state index in [9.17, 15) is 24.0 Å². The number of benzene rings is 4. The number of nitrogens with one attached hydrogen (secondary N) is 3. The Morgan fingerprint density at radius 3 is 2.28 bits per heavy atom. The zero-order valence-corrected chi connectivity index (χ0v) is 31.4. The molecule has 2 aliphatic heterocycles. The molecule has 1 fully saturated rings. The van der Waals surface area contributed by atoms with Crippen molar-refractivity contribution in [3.05, 3.63) is 132 Å². The molecular weight excluding hydrogens is 737 g/mol. The van der Waals surface area contributed by atoms with Gasteiger partial charge < -0.3 is 25.7 Å². The van der Waals surface area contributed by atoms with E-state index < -0.39 is 29.7 Å². The average Bonchev–Trinajstić information content (AvgIpc) is 3.70. The Hall–Kier alpha value is -7.19. The van der Waals surface area contributed by atoms with Crippen LogP contribution in [0.2, 0.25) is 0 Å². The van der Waals surface area contributed by atoms with Gasteiger partial charge in [-0.3, -0.25) is 34.2 Å². The van der Waals surface area contributed by atoms with Crippen LogP contribution in [0.25, 0.3) is 33.4 Å². The Labute approximate surface area is 333 Å². The number of nitrogens with zero attached hydrogens (tertiary/aromatic N) is 4. The monoisotopic (exact) mass is 776 g/mol. The molecule has 4 heterocycles. The van der Waals surface area contributed by atoms with E-state index in [2.05, 4.69) is 49.8 Å². The number of imide groups is 2. The number of aromatic nitrogens is 3. The number of fused-ring (bicyclic) bond motifs is 2. The first-order valence-corrected chi connectivity index (χ1v) is 19.0. The molecule has 2 aromatic heterocycles. The van der Waals surface area contributed by atoms with Crippen molar-refractivity contribution in [2.24, 2.45) is 0 Å². The van der Waals surface area contributed by atoms with E-state index >= 15 is 0 Å². The number of amides is 5. The molecular formula is C44H40N8O6. The number of rotatable bonds is 14. The van der Waals surface area contributed by atoms with Gasteiger partial charge in [0.15, 0.2) is 0 Å². The SMILES string of the molecule is Nc1ncnc2c1c(-c1ccccc1)c(-c1ccccc1)n2Cc1ccc(CNC(=O)CCOCCNc2cccc3c2C(=O)N(C2CCC(=O)NC2=O)C3=O)cc1. The first-order valence-electron chi connectivity index (χ1n) is 19.0. The van der Waals surface area contributed by atoms with Crippen molar-refractivity contribution >= 4 is 52.1 Å². The highest BCUT2D eigenvalue weighted by Crippen LogP contribution is 2.42. The van der Waals surface area contributed by atoms with Crippen LogP contribution in [-0.4, -0.2) is 74.8 Å². The van der Waals surface area contributed by atoms with Gasteiger partial charge in [-0.2, -0.15) is 0 Å². The topological polar surface area (TPSA) is 191 Å². The molecule has 0 radical (unpaired) electrons. The van der Waals surface area contributed by atoms with Crippen LogP contribution in [0.3, 0.4) is 0 Å². The molecule has 1 unspecified atom stereocenters. The van der Waals surface area contributed by atoms with Crippen LogP contribution in [-0.2, 0) is 32.2 Å². The van der Waals surface area contributed by atoms with Gasteiger partial charge in [-0.1, -0.05) is 91.0 Å². The number of carbonyl (C=O) groups is 5. The number of ether oxygens (including phenoxy) is 1. The Bertz CT molecular complexity index is 2540. The van der Waals surface area contributed by atoms with Gasteiger partial charge in [-0.15, -0.1) is 0 Å². The number of hydrogen-bond donors (Lipinski definition) is 4. The minimum atomic E-state index is -1.04. The first-order chi connectivity index (χ1) is 28.3. The number of nitrogen functional groups attached to an aromatic ring is 1. The fourth-order valence-corrected chi connectivity index (χ4v) is 7.55. The van der Waals surface area contributed by atoms with Crippen molar-refractivity contribution in [2.45, 2.75) is 38.4 Å². The third-order valence-corrected chi connectivity index (χ3v) is 10.3. The molecule has 2 aliphatic rings. The molecule has 292 valence electrons. The van der Waals surface area contributed by atoms with E-state index in [0.717, 1.165) is 49.4 Å². The summed E-state index contributed by atoms with van der Waals surface area (Å²) in [6.45, 7) is 1.62. The van der Waals surface area contributed by atoms with Gasteiger partial charge in [-0.25, -0.2) is 9.97 Å². The van der Waals surface area contributed by atoms with E-state index in [1.165, 1.54) is 12.4 Å². The summed E-state index contributed by atoms with van der Waals surface area (Å²) in [5, 5.41) is 9.09. The molecule has 0 aliphatic carbocycles. The fourth-order valence-electron chi connectivity index (χ4n) is 7.55. The van der Waals surface area contributed by atoms with Crippen LogP contribution in [0.4, 0.5) is 11.5 Å². The van der Waals surface area contributed by atoms with Crippen LogP contribution >= 0.6 is 0 Å². The Morgan fingerprint density at radius 2 is 1.53 bits per heavy atom. The summed E-state index contributed by atoms with van der Waals surface area (Å²) in [6.07, 6.45) is 1.78. The Morgan fingerprint density at radius 1 is 0.810 bits per heavy atom. The number of piperidine rings is 1. The van der Waals surface area contributed by atoms with Crippen molar-refractivity contribution in [1.82, 2.24) is 30.1 Å². The minimum Gasteiger partial charge on any atom is -0.383 e. The highest BCUT2D eigenvalue weighted by atomic mass is 16.5. The number of carbonyl (C=O) groups excluding carboxylic acids is 5. The van der Waals surface area contributed by atoms with Gasteiger partial charge in [-0.05, 0) is 40.8 Å². The van der Waals surface area contributed by atoms with E-state index in [0.29, 0.717) is 31.1 Å². The second-order valence-corrected chi connectivity index (χ2v) is 14.1. The van der Waals surface area contributed by atoms with Crippen LogP contribution in [0.5, 0.6) is 0 Å². The summed E-state index contributed by atoms with van der Waals surface area (Å²) < 4.78 is 7.86. The zero-order valence-electron chi connectivity index (χ0n) is 31.4. The zero-order chi connectivity index (χ0) is 40.2. The van der Waals surface area contributed by atoms with Crippen molar-refractivity contribution in [2.75, 3.05) is 30.8 Å².